The van der Waals surface area contributed by atoms with Crippen LogP contribution in [0, 0.1) is 10.5 Å². The lowest BCUT2D eigenvalue weighted by Gasteiger charge is -2.15. The summed E-state index contributed by atoms with van der Waals surface area (Å²) in [6, 6.07) is 9.89. The maximum atomic E-state index is 11.4. The molecule has 1 aromatic heterocycles. The number of fused-ring (bicyclic) bond motifs is 1. The van der Waals surface area contributed by atoms with Crippen LogP contribution in [0.5, 0.6) is 0 Å². The van der Waals surface area contributed by atoms with Crippen LogP contribution in [0.4, 0.5) is 0 Å². The number of hydrogen-bond donors (Lipinski definition) is 2. The Bertz CT molecular complexity index is 887. The topological polar surface area (TPSA) is 48.6 Å². The summed E-state index contributed by atoms with van der Waals surface area (Å²) >= 11 is 12.5. The first-order valence-corrected chi connectivity index (χ1v) is 8.58. The number of imidazole rings is 1. The Labute approximate surface area is 148 Å². The Morgan fingerprint density at radius 1 is 1.19 bits per heavy atom. The van der Waals surface area contributed by atoms with E-state index < -0.39 is 0 Å². The second-order valence-corrected chi connectivity index (χ2v) is 7.21. The lowest BCUT2D eigenvalue weighted by atomic mass is 10.0. The molecule has 108 valence electrons. The Balaban J connectivity index is 2.16. The molecule has 6 heteroatoms. The minimum atomic E-state index is -0.283. The largest absolute Gasteiger partial charge is 0.323 e. The van der Waals surface area contributed by atoms with Gasteiger partial charge in [0.15, 0.2) is 0 Å². The molecule has 1 heterocycles. The van der Waals surface area contributed by atoms with E-state index in [1.165, 1.54) is 5.56 Å². The van der Waals surface area contributed by atoms with Gasteiger partial charge in [0.2, 0.25) is 0 Å². The number of H-pyrrole nitrogens is 2. The van der Waals surface area contributed by atoms with Gasteiger partial charge in [-0.2, -0.15) is 0 Å². The molecule has 0 aliphatic heterocycles. The molecule has 0 fully saturated rings. The summed E-state index contributed by atoms with van der Waals surface area (Å²) in [4.78, 5) is 16.9. The summed E-state index contributed by atoms with van der Waals surface area (Å²) in [5, 5.41) is -0.283. The summed E-state index contributed by atoms with van der Waals surface area (Å²) < 4.78 is 2.03. The van der Waals surface area contributed by atoms with E-state index in [2.05, 4.69) is 61.5 Å². The summed E-state index contributed by atoms with van der Waals surface area (Å²) in [5.41, 5.74) is 4.50. The number of hydrogen-bond acceptors (Lipinski definition) is 1. The van der Waals surface area contributed by atoms with Gasteiger partial charge in [-0.3, -0.25) is 0 Å². The lowest BCUT2D eigenvalue weighted by Crippen LogP contribution is -1.99. The molecular formula is C15H11BrClIN2O. The summed E-state index contributed by atoms with van der Waals surface area (Å²) in [6.45, 7) is 2.07. The number of aromatic amines is 2. The molecule has 21 heavy (non-hydrogen) atoms. The van der Waals surface area contributed by atoms with Crippen molar-refractivity contribution in [2.45, 2.75) is 12.3 Å². The molecule has 3 rings (SSSR count). The fourth-order valence-electron chi connectivity index (χ4n) is 2.30. The molecule has 2 aromatic carbocycles. The third-order valence-corrected chi connectivity index (χ3v) is 6.03. The molecule has 0 saturated heterocycles. The standard InChI is InChI=1S/C15H11BrClIN2O/c1-7-3-2-4-8(14(7)18)13(17)9-5-11-12(6-10(9)16)20-15(21)19-11/h2-6,13H,1H3,(H2,19,20,21). The van der Waals surface area contributed by atoms with Crippen molar-refractivity contribution in [2.24, 2.45) is 0 Å². The van der Waals surface area contributed by atoms with Gasteiger partial charge in [0.1, 0.15) is 0 Å². The van der Waals surface area contributed by atoms with Crippen LogP contribution in [0.25, 0.3) is 11.0 Å². The van der Waals surface area contributed by atoms with Gasteiger partial charge in [-0.1, -0.05) is 34.1 Å². The number of aromatic nitrogens is 2. The van der Waals surface area contributed by atoms with E-state index in [0.717, 1.165) is 30.2 Å². The van der Waals surface area contributed by atoms with Gasteiger partial charge in [0, 0.05) is 8.04 Å². The van der Waals surface area contributed by atoms with Crippen LogP contribution in [0.15, 0.2) is 39.6 Å². The van der Waals surface area contributed by atoms with Crippen LogP contribution >= 0.6 is 50.1 Å². The Morgan fingerprint density at radius 2 is 1.86 bits per heavy atom. The number of rotatable bonds is 2. The zero-order valence-electron chi connectivity index (χ0n) is 11.0. The van der Waals surface area contributed by atoms with E-state index in [-0.39, 0.29) is 11.1 Å². The quantitative estimate of drug-likeness (QED) is 0.402. The summed E-state index contributed by atoms with van der Waals surface area (Å²) in [5.74, 6) is 0. The first-order chi connectivity index (χ1) is 9.97. The minimum absolute atomic E-state index is 0.217. The molecule has 0 spiro atoms. The highest BCUT2D eigenvalue weighted by molar-refractivity contribution is 14.1. The molecule has 3 aromatic rings. The van der Waals surface area contributed by atoms with Crippen LogP contribution < -0.4 is 5.69 Å². The van der Waals surface area contributed by atoms with Gasteiger partial charge < -0.3 is 9.97 Å². The fourth-order valence-corrected chi connectivity index (χ4v) is 4.22. The van der Waals surface area contributed by atoms with Gasteiger partial charge in [-0.25, -0.2) is 4.79 Å². The zero-order valence-corrected chi connectivity index (χ0v) is 15.5. The van der Waals surface area contributed by atoms with Crippen molar-refractivity contribution in [1.82, 2.24) is 9.97 Å². The van der Waals surface area contributed by atoms with E-state index in [1.54, 1.807) is 0 Å². The lowest BCUT2D eigenvalue weighted by molar-refractivity contribution is 1.11. The monoisotopic (exact) mass is 476 g/mol. The molecule has 0 radical (unpaired) electrons. The van der Waals surface area contributed by atoms with Crippen LogP contribution in [0.2, 0.25) is 0 Å². The third kappa shape index (κ3) is 2.78. The molecular weight excluding hydrogens is 466 g/mol. The predicted molar refractivity (Wildman–Crippen MR) is 98.2 cm³/mol. The number of alkyl halides is 1. The first-order valence-electron chi connectivity index (χ1n) is 6.28. The predicted octanol–water partition coefficient (Wildman–Crippen LogP) is 4.86. The van der Waals surface area contributed by atoms with Gasteiger partial charge >= 0.3 is 5.69 Å². The number of aryl methyl sites for hydroxylation is 1. The summed E-state index contributed by atoms with van der Waals surface area (Å²) in [7, 11) is 0. The maximum absolute atomic E-state index is 11.4. The van der Waals surface area contributed by atoms with E-state index in [1.807, 2.05) is 24.3 Å². The normalized spacial score (nSPS) is 12.8. The van der Waals surface area contributed by atoms with E-state index in [9.17, 15) is 4.79 Å². The van der Waals surface area contributed by atoms with Crippen molar-refractivity contribution < 1.29 is 0 Å². The van der Waals surface area contributed by atoms with E-state index in [4.69, 9.17) is 11.6 Å². The van der Waals surface area contributed by atoms with Crippen molar-refractivity contribution in [3.05, 3.63) is 65.5 Å². The molecule has 0 bridgehead atoms. The molecule has 1 unspecified atom stereocenters. The molecule has 1 atom stereocenters. The Morgan fingerprint density at radius 3 is 2.57 bits per heavy atom. The van der Waals surface area contributed by atoms with Crippen molar-refractivity contribution in [3.8, 4) is 0 Å². The zero-order chi connectivity index (χ0) is 15.1. The number of nitrogens with one attached hydrogen (secondary N) is 2. The van der Waals surface area contributed by atoms with Crippen molar-refractivity contribution >= 4 is 61.2 Å². The second kappa shape index (κ2) is 5.78. The van der Waals surface area contributed by atoms with Crippen molar-refractivity contribution in [1.29, 1.82) is 0 Å². The minimum Gasteiger partial charge on any atom is -0.306 e. The molecule has 3 nitrogen and oxygen atoms in total. The second-order valence-electron chi connectivity index (χ2n) is 4.84. The number of benzene rings is 2. The maximum Gasteiger partial charge on any atom is 0.323 e. The third-order valence-electron chi connectivity index (χ3n) is 3.40. The van der Waals surface area contributed by atoms with Gasteiger partial charge in [0.05, 0.1) is 16.4 Å². The van der Waals surface area contributed by atoms with Crippen molar-refractivity contribution in [3.63, 3.8) is 0 Å². The Hall–Kier alpha value is -0.790. The highest BCUT2D eigenvalue weighted by Gasteiger charge is 2.18. The molecule has 0 aliphatic rings. The average molecular weight is 478 g/mol. The number of halogens is 3. The van der Waals surface area contributed by atoms with Gasteiger partial charge in [-0.15, -0.1) is 11.6 Å². The molecule has 0 aliphatic carbocycles. The molecule has 0 amide bonds. The van der Waals surface area contributed by atoms with Crippen LogP contribution in [-0.4, -0.2) is 9.97 Å². The van der Waals surface area contributed by atoms with Gasteiger partial charge in [0.25, 0.3) is 0 Å². The van der Waals surface area contributed by atoms with Crippen molar-refractivity contribution in [2.75, 3.05) is 0 Å². The van der Waals surface area contributed by atoms with Crippen LogP contribution in [0.3, 0.4) is 0 Å². The average Bonchev–Trinajstić information content (AvgIpc) is 2.79. The Kier molecular flexibility index (Phi) is 4.16. The van der Waals surface area contributed by atoms with Crippen LogP contribution in [0.1, 0.15) is 22.1 Å². The highest BCUT2D eigenvalue weighted by Crippen LogP contribution is 2.37. The summed E-state index contributed by atoms with van der Waals surface area (Å²) in [6.07, 6.45) is 0. The van der Waals surface area contributed by atoms with Crippen LogP contribution in [-0.2, 0) is 0 Å². The molecule has 2 N–H and O–H groups in total. The SMILES string of the molecule is Cc1cccc(C(Cl)c2cc3[nH]c(=O)[nH]c3cc2Br)c1I. The smallest absolute Gasteiger partial charge is 0.306 e. The van der Waals surface area contributed by atoms with Gasteiger partial charge in [-0.05, 0) is 58.3 Å². The fraction of sp³-hybridized carbons (Fsp3) is 0.133. The highest BCUT2D eigenvalue weighted by atomic mass is 127. The van der Waals surface area contributed by atoms with E-state index >= 15 is 0 Å². The first kappa shape index (κ1) is 15.1. The molecule has 0 saturated carbocycles. The van der Waals surface area contributed by atoms with E-state index in [0.29, 0.717) is 0 Å².